The Morgan fingerprint density at radius 3 is 1.75 bits per heavy atom. The van der Waals surface area contributed by atoms with E-state index in [1.54, 1.807) is 25.7 Å². The van der Waals surface area contributed by atoms with Crippen molar-refractivity contribution in [3.63, 3.8) is 0 Å². The topological polar surface area (TPSA) is 0 Å². The van der Waals surface area contributed by atoms with Gasteiger partial charge in [0.05, 0.1) is 0 Å². The molecule has 4 atom stereocenters. The molecule has 3 saturated carbocycles. The van der Waals surface area contributed by atoms with Gasteiger partial charge in [-0.05, 0) is 49.4 Å². The summed E-state index contributed by atoms with van der Waals surface area (Å²) in [6.45, 7) is 0. The Bertz CT molecular complexity index is 110. The Hall–Kier alpha value is 0. The highest BCUT2D eigenvalue weighted by molar-refractivity contribution is 5.06. The fourth-order valence-corrected chi connectivity index (χ4v) is 3.31. The molecule has 0 radical (unpaired) electrons. The molecule has 0 aliphatic heterocycles. The van der Waals surface area contributed by atoms with Crippen molar-refractivity contribution in [2.75, 3.05) is 0 Å². The predicted molar refractivity (Wildman–Crippen MR) is 32.4 cm³/mol. The van der Waals surface area contributed by atoms with Crippen LogP contribution in [0.4, 0.5) is 0 Å². The highest BCUT2D eigenvalue weighted by Gasteiger charge is 2.56. The van der Waals surface area contributed by atoms with Crippen LogP contribution in [0, 0.1) is 23.7 Å². The van der Waals surface area contributed by atoms with Gasteiger partial charge in [0, 0.05) is 0 Å². The van der Waals surface area contributed by atoms with Gasteiger partial charge in [0.2, 0.25) is 0 Å². The predicted octanol–water partition coefficient (Wildman–Crippen LogP) is 2.05. The van der Waals surface area contributed by atoms with Gasteiger partial charge in [-0.1, -0.05) is 0 Å². The van der Waals surface area contributed by atoms with E-state index in [9.17, 15) is 0 Å². The van der Waals surface area contributed by atoms with E-state index < -0.39 is 0 Å². The summed E-state index contributed by atoms with van der Waals surface area (Å²) < 4.78 is 0. The molecule has 3 fully saturated rings. The van der Waals surface area contributed by atoms with Crippen molar-refractivity contribution in [1.82, 2.24) is 0 Å². The lowest BCUT2D eigenvalue weighted by Crippen LogP contribution is -2.45. The third-order valence-electron chi connectivity index (χ3n) is 3.75. The quantitative estimate of drug-likeness (QED) is 0.445. The molecule has 3 rings (SSSR count). The van der Waals surface area contributed by atoms with Crippen LogP contribution < -0.4 is 0 Å². The average molecular weight is 108 g/mol. The maximum absolute atomic E-state index is 1.61. The highest BCUT2D eigenvalue weighted by atomic mass is 14.6. The molecule has 3 aliphatic rings. The second-order valence-corrected chi connectivity index (χ2v) is 3.91. The van der Waals surface area contributed by atoms with Gasteiger partial charge in [-0.3, -0.25) is 0 Å². The van der Waals surface area contributed by atoms with E-state index in [1.807, 2.05) is 0 Å². The Kier molecular flexibility index (Phi) is 0.482. The van der Waals surface area contributed by atoms with E-state index >= 15 is 0 Å². The van der Waals surface area contributed by atoms with E-state index in [-0.39, 0.29) is 0 Å². The molecule has 0 heteroatoms. The SMILES string of the molecule is C1C[C@H]2C[C@H]3C[C@@H]1C32. The van der Waals surface area contributed by atoms with Gasteiger partial charge in [0.1, 0.15) is 0 Å². The Labute approximate surface area is 50.3 Å². The number of rotatable bonds is 0. The fraction of sp³-hybridized carbons (Fsp3) is 1.00. The van der Waals surface area contributed by atoms with Gasteiger partial charge >= 0.3 is 0 Å². The first-order valence-corrected chi connectivity index (χ1v) is 3.95. The molecule has 44 valence electrons. The molecule has 0 aromatic heterocycles. The third kappa shape index (κ3) is 0.240. The standard InChI is InChI=1S/C8H12/c1-2-6-4-7-3-5(1)8(6)7/h5-8H,1-4H2/t5-,6+,7-,8?. The molecule has 0 spiro atoms. The van der Waals surface area contributed by atoms with Crippen LogP contribution in [-0.4, -0.2) is 0 Å². The van der Waals surface area contributed by atoms with Crippen molar-refractivity contribution in [3.05, 3.63) is 0 Å². The maximum atomic E-state index is 1.61. The molecule has 0 heterocycles. The fourth-order valence-electron chi connectivity index (χ4n) is 3.31. The van der Waals surface area contributed by atoms with Crippen molar-refractivity contribution in [2.24, 2.45) is 23.7 Å². The minimum Gasteiger partial charge on any atom is -0.0499 e. The first-order valence-electron chi connectivity index (χ1n) is 3.95. The smallest absolute Gasteiger partial charge is 0.0329 e. The zero-order valence-corrected chi connectivity index (χ0v) is 5.14. The Morgan fingerprint density at radius 1 is 0.750 bits per heavy atom. The molecular weight excluding hydrogens is 96.1 g/mol. The molecule has 3 aliphatic carbocycles. The summed E-state index contributed by atoms with van der Waals surface area (Å²) in [5.74, 6) is 4.93. The maximum Gasteiger partial charge on any atom is -0.0329 e. The molecule has 1 unspecified atom stereocenters. The highest BCUT2D eigenvalue weighted by Crippen LogP contribution is 2.65. The molecule has 8 heavy (non-hydrogen) atoms. The van der Waals surface area contributed by atoms with Crippen molar-refractivity contribution in [2.45, 2.75) is 25.7 Å². The summed E-state index contributed by atoms with van der Waals surface area (Å²) in [5, 5.41) is 0. The second-order valence-electron chi connectivity index (χ2n) is 3.91. The first kappa shape index (κ1) is 3.92. The first-order chi connectivity index (χ1) is 3.95. The summed E-state index contributed by atoms with van der Waals surface area (Å²) in [7, 11) is 0. The van der Waals surface area contributed by atoms with Crippen LogP contribution in [0.15, 0.2) is 0 Å². The van der Waals surface area contributed by atoms with E-state index in [1.165, 1.54) is 23.7 Å². The van der Waals surface area contributed by atoms with E-state index in [2.05, 4.69) is 0 Å². The van der Waals surface area contributed by atoms with Gasteiger partial charge in [-0.25, -0.2) is 0 Å². The normalized spacial score (nSPS) is 66.0. The lowest BCUT2D eigenvalue weighted by molar-refractivity contribution is -0.0395. The van der Waals surface area contributed by atoms with Crippen molar-refractivity contribution in [3.8, 4) is 0 Å². The third-order valence-corrected chi connectivity index (χ3v) is 3.75. The molecule has 0 aromatic rings. The summed E-state index contributed by atoms with van der Waals surface area (Å²) >= 11 is 0. The van der Waals surface area contributed by atoms with Gasteiger partial charge in [-0.15, -0.1) is 0 Å². The van der Waals surface area contributed by atoms with E-state index in [0.29, 0.717) is 0 Å². The zero-order chi connectivity index (χ0) is 5.14. The molecule has 0 bridgehead atoms. The van der Waals surface area contributed by atoms with E-state index in [0.717, 1.165) is 0 Å². The molecular formula is C8H12. The van der Waals surface area contributed by atoms with Crippen molar-refractivity contribution >= 4 is 0 Å². The lowest BCUT2D eigenvalue weighted by Gasteiger charge is -2.53. The van der Waals surface area contributed by atoms with Gasteiger partial charge in [0.15, 0.2) is 0 Å². The summed E-state index contributed by atoms with van der Waals surface area (Å²) in [6.07, 6.45) is 6.40. The molecule has 0 saturated heterocycles. The Balaban J connectivity index is 1.96. The van der Waals surface area contributed by atoms with Crippen molar-refractivity contribution in [1.29, 1.82) is 0 Å². The van der Waals surface area contributed by atoms with Crippen LogP contribution in [0.25, 0.3) is 0 Å². The van der Waals surface area contributed by atoms with Crippen LogP contribution >= 0.6 is 0 Å². The van der Waals surface area contributed by atoms with E-state index in [4.69, 9.17) is 0 Å². The largest absolute Gasteiger partial charge is 0.0499 e. The molecule has 0 nitrogen and oxygen atoms in total. The summed E-state index contributed by atoms with van der Waals surface area (Å²) in [6, 6.07) is 0. The van der Waals surface area contributed by atoms with Gasteiger partial charge in [0.25, 0.3) is 0 Å². The minimum absolute atomic E-state index is 1.22. The monoisotopic (exact) mass is 108 g/mol. The molecule has 0 N–H and O–H groups in total. The molecule has 0 aromatic carbocycles. The minimum atomic E-state index is 1.22. The summed E-state index contributed by atoms with van der Waals surface area (Å²) in [5.41, 5.74) is 0. The average Bonchev–Trinajstić information content (AvgIpc) is 2.02. The van der Waals surface area contributed by atoms with Crippen LogP contribution in [0.2, 0.25) is 0 Å². The zero-order valence-electron chi connectivity index (χ0n) is 5.14. The van der Waals surface area contributed by atoms with Gasteiger partial charge < -0.3 is 0 Å². The lowest BCUT2D eigenvalue weighted by atomic mass is 9.52. The van der Waals surface area contributed by atoms with Crippen LogP contribution in [0.1, 0.15) is 25.7 Å². The molecule has 0 amide bonds. The summed E-state index contributed by atoms with van der Waals surface area (Å²) in [4.78, 5) is 0. The van der Waals surface area contributed by atoms with Crippen LogP contribution in [-0.2, 0) is 0 Å². The van der Waals surface area contributed by atoms with Crippen LogP contribution in [0.3, 0.4) is 0 Å². The Morgan fingerprint density at radius 2 is 1.38 bits per heavy atom. The van der Waals surface area contributed by atoms with Crippen LogP contribution in [0.5, 0.6) is 0 Å². The number of hydrogen-bond donors (Lipinski definition) is 0. The van der Waals surface area contributed by atoms with Crippen molar-refractivity contribution < 1.29 is 0 Å². The second kappa shape index (κ2) is 0.984. The number of hydrogen-bond acceptors (Lipinski definition) is 0. The van der Waals surface area contributed by atoms with Gasteiger partial charge in [-0.2, -0.15) is 0 Å².